The molecule has 14 heavy (non-hydrogen) atoms. The number of hydrogen-bond donors (Lipinski definition) is 1. The zero-order valence-electron chi connectivity index (χ0n) is 9.01. The monoisotopic (exact) mass is 190 g/mol. The molecule has 0 aromatic heterocycles. The maximum Gasteiger partial charge on any atom is 0.106 e. The zero-order valence-corrected chi connectivity index (χ0v) is 9.01. The van der Waals surface area contributed by atoms with Crippen LogP contribution in [0.4, 0.5) is 0 Å². The molecule has 2 heteroatoms. The Labute approximate surface area is 86.4 Å². The number of rotatable bonds is 5. The molecular formula is C12H18N2. The first-order chi connectivity index (χ1) is 6.70. The van der Waals surface area contributed by atoms with Gasteiger partial charge in [0, 0.05) is 18.3 Å². The van der Waals surface area contributed by atoms with Crippen LogP contribution in [0.3, 0.4) is 0 Å². The van der Waals surface area contributed by atoms with Crippen molar-refractivity contribution in [3.63, 3.8) is 0 Å². The van der Waals surface area contributed by atoms with E-state index in [2.05, 4.69) is 36.1 Å². The molecular weight excluding hydrogens is 172 g/mol. The van der Waals surface area contributed by atoms with Crippen LogP contribution in [0.2, 0.25) is 0 Å². The molecule has 0 saturated carbocycles. The van der Waals surface area contributed by atoms with Gasteiger partial charge in [0.2, 0.25) is 0 Å². The Hall–Kier alpha value is -1.53. The van der Waals surface area contributed by atoms with Crippen molar-refractivity contribution in [2.24, 2.45) is 4.99 Å². The van der Waals surface area contributed by atoms with E-state index in [0.29, 0.717) is 0 Å². The van der Waals surface area contributed by atoms with E-state index in [1.54, 1.807) is 18.4 Å². The average molecular weight is 190 g/mol. The second-order valence-electron chi connectivity index (χ2n) is 2.94. The highest BCUT2D eigenvalue weighted by Gasteiger charge is 1.94. The molecule has 0 fully saturated rings. The fourth-order valence-electron chi connectivity index (χ4n) is 0.887. The summed E-state index contributed by atoms with van der Waals surface area (Å²) in [6, 6.07) is 0. The topological polar surface area (TPSA) is 24.4 Å². The molecule has 76 valence electrons. The molecule has 0 aromatic rings. The van der Waals surface area contributed by atoms with Crippen molar-refractivity contribution >= 4 is 5.84 Å². The molecule has 0 radical (unpaired) electrons. The highest BCUT2D eigenvalue weighted by Crippen LogP contribution is 1.93. The third-order valence-corrected chi connectivity index (χ3v) is 1.37. The van der Waals surface area contributed by atoms with E-state index in [0.717, 1.165) is 24.4 Å². The molecule has 0 spiro atoms. The lowest BCUT2D eigenvalue weighted by molar-refractivity contribution is 0.941. The van der Waals surface area contributed by atoms with Gasteiger partial charge in [0.25, 0.3) is 0 Å². The zero-order chi connectivity index (χ0) is 10.8. The summed E-state index contributed by atoms with van der Waals surface area (Å²) in [6.07, 6.45) is 7.22. The average Bonchev–Trinajstić information content (AvgIpc) is 2.12. The van der Waals surface area contributed by atoms with Crippen LogP contribution in [-0.4, -0.2) is 5.84 Å². The van der Waals surface area contributed by atoms with Gasteiger partial charge in [0.05, 0.1) is 0 Å². The van der Waals surface area contributed by atoms with Gasteiger partial charge in [0.1, 0.15) is 5.84 Å². The first-order valence-corrected chi connectivity index (χ1v) is 4.70. The summed E-state index contributed by atoms with van der Waals surface area (Å²) >= 11 is 0. The first kappa shape index (κ1) is 12.5. The molecule has 2 nitrogen and oxygen atoms in total. The molecule has 0 saturated heterocycles. The van der Waals surface area contributed by atoms with Crippen LogP contribution in [0.5, 0.6) is 0 Å². The summed E-state index contributed by atoms with van der Waals surface area (Å²) in [4.78, 5) is 4.26. The van der Waals surface area contributed by atoms with E-state index in [1.807, 2.05) is 6.92 Å². The van der Waals surface area contributed by atoms with Crippen molar-refractivity contribution in [3.05, 3.63) is 42.9 Å². The highest BCUT2D eigenvalue weighted by molar-refractivity contribution is 5.84. The van der Waals surface area contributed by atoms with E-state index >= 15 is 0 Å². The summed E-state index contributed by atoms with van der Waals surface area (Å²) < 4.78 is 0. The van der Waals surface area contributed by atoms with Crippen molar-refractivity contribution in [1.29, 1.82) is 0 Å². The number of nitrogens with zero attached hydrogens (tertiary/aromatic N) is 1. The van der Waals surface area contributed by atoms with E-state index in [-0.39, 0.29) is 0 Å². The lowest BCUT2D eigenvalue weighted by Gasteiger charge is -2.06. The molecule has 0 bridgehead atoms. The maximum absolute atomic E-state index is 4.26. The number of allylic oxidation sites excluding steroid dienone is 3. The predicted molar refractivity (Wildman–Crippen MR) is 63.1 cm³/mol. The molecule has 0 unspecified atom stereocenters. The molecule has 0 aliphatic heterocycles. The smallest absolute Gasteiger partial charge is 0.106 e. The lowest BCUT2D eigenvalue weighted by Crippen LogP contribution is -2.20. The van der Waals surface area contributed by atoms with Crippen molar-refractivity contribution in [2.75, 3.05) is 0 Å². The Morgan fingerprint density at radius 3 is 2.79 bits per heavy atom. The summed E-state index contributed by atoms with van der Waals surface area (Å²) in [5, 5.41) is 3.11. The normalized spacial score (nSPS) is 11.1. The van der Waals surface area contributed by atoms with Crippen LogP contribution >= 0.6 is 0 Å². The highest BCUT2D eigenvalue weighted by atomic mass is 15.0. The standard InChI is InChI=1S/C12H18N2/c1-5-7-8-10-13-12(9-6-2)14-11(3)4/h7-8,10H,1,3,6,9H2,2,4H3,(H,13,14)/b10-8-. The Morgan fingerprint density at radius 1 is 1.57 bits per heavy atom. The first-order valence-electron chi connectivity index (χ1n) is 4.70. The summed E-state index contributed by atoms with van der Waals surface area (Å²) in [6.45, 7) is 11.3. The Kier molecular flexibility index (Phi) is 7.20. The maximum atomic E-state index is 4.26. The molecule has 0 amide bonds. The quantitative estimate of drug-likeness (QED) is 0.306. The van der Waals surface area contributed by atoms with Crippen LogP contribution in [0.15, 0.2) is 47.9 Å². The van der Waals surface area contributed by atoms with Crippen LogP contribution < -0.4 is 5.32 Å². The minimum Gasteiger partial charge on any atom is -0.348 e. The van der Waals surface area contributed by atoms with E-state index < -0.39 is 0 Å². The van der Waals surface area contributed by atoms with Crippen molar-refractivity contribution < 1.29 is 0 Å². The van der Waals surface area contributed by atoms with Gasteiger partial charge in [-0.25, -0.2) is 4.99 Å². The minimum atomic E-state index is 0.907. The fraction of sp³-hybridized carbons (Fsp3) is 0.333. The summed E-state index contributed by atoms with van der Waals surface area (Å²) in [5.74, 6) is 0.939. The summed E-state index contributed by atoms with van der Waals surface area (Å²) in [7, 11) is 0. The molecule has 0 aliphatic carbocycles. The largest absolute Gasteiger partial charge is 0.348 e. The molecule has 0 atom stereocenters. The van der Waals surface area contributed by atoms with Gasteiger partial charge in [-0.15, -0.1) is 5.73 Å². The van der Waals surface area contributed by atoms with Crippen LogP contribution in [0.25, 0.3) is 0 Å². The van der Waals surface area contributed by atoms with Gasteiger partial charge >= 0.3 is 0 Å². The number of nitrogens with one attached hydrogen (secondary N) is 1. The molecule has 0 aliphatic rings. The Morgan fingerprint density at radius 2 is 2.29 bits per heavy atom. The fourth-order valence-corrected chi connectivity index (χ4v) is 0.887. The summed E-state index contributed by atoms with van der Waals surface area (Å²) in [5.41, 5.74) is 3.55. The van der Waals surface area contributed by atoms with Gasteiger partial charge in [-0.2, -0.15) is 0 Å². The van der Waals surface area contributed by atoms with E-state index in [9.17, 15) is 0 Å². The lowest BCUT2D eigenvalue weighted by atomic mass is 10.3. The third-order valence-electron chi connectivity index (χ3n) is 1.37. The Bertz CT molecular complexity index is 279. The SMILES string of the molecule is C=C=C/C=C\N=C(/CCC)NC(=C)C. The second kappa shape index (κ2) is 8.09. The van der Waals surface area contributed by atoms with E-state index in [4.69, 9.17) is 0 Å². The molecule has 0 aromatic carbocycles. The molecule has 1 N–H and O–H groups in total. The minimum absolute atomic E-state index is 0.907. The van der Waals surface area contributed by atoms with Gasteiger partial charge < -0.3 is 5.32 Å². The molecule has 0 heterocycles. The van der Waals surface area contributed by atoms with Gasteiger partial charge in [0.15, 0.2) is 0 Å². The molecule has 0 rings (SSSR count). The van der Waals surface area contributed by atoms with Crippen molar-refractivity contribution in [1.82, 2.24) is 5.32 Å². The Balaban J connectivity index is 4.30. The van der Waals surface area contributed by atoms with Crippen molar-refractivity contribution in [3.8, 4) is 0 Å². The van der Waals surface area contributed by atoms with Crippen LogP contribution in [-0.2, 0) is 0 Å². The van der Waals surface area contributed by atoms with Crippen LogP contribution in [0, 0.1) is 0 Å². The number of hydrogen-bond acceptors (Lipinski definition) is 1. The van der Waals surface area contributed by atoms with Crippen molar-refractivity contribution in [2.45, 2.75) is 26.7 Å². The number of amidine groups is 1. The van der Waals surface area contributed by atoms with E-state index in [1.165, 1.54) is 0 Å². The van der Waals surface area contributed by atoms with Crippen LogP contribution in [0.1, 0.15) is 26.7 Å². The van der Waals surface area contributed by atoms with Gasteiger partial charge in [-0.3, -0.25) is 0 Å². The number of aliphatic imine (C=N–C) groups is 1. The second-order valence-corrected chi connectivity index (χ2v) is 2.94. The predicted octanol–water partition coefficient (Wildman–Crippen LogP) is 3.16. The van der Waals surface area contributed by atoms with Gasteiger partial charge in [-0.05, 0) is 25.5 Å². The van der Waals surface area contributed by atoms with Gasteiger partial charge in [-0.1, -0.05) is 20.1 Å². The third kappa shape index (κ3) is 7.14.